The average molecular weight is 601 g/mol. The number of non-ortho nitro benzene ring substituents is 2. The molecule has 0 aliphatic rings. The molecule has 0 spiro atoms. The van der Waals surface area contributed by atoms with E-state index in [1.165, 1.54) is 24.3 Å². The number of para-hydroxylation sites is 2. The number of hydrogen-bond acceptors (Lipinski definition) is 10. The van der Waals surface area contributed by atoms with Gasteiger partial charge >= 0.3 is 0 Å². The Bertz CT molecular complexity index is 1650. The monoisotopic (exact) mass is 600 g/mol. The van der Waals surface area contributed by atoms with Crippen LogP contribution in [0, 0.1) is 40.5 Å². The van der Waals surface area contributed by atoms with Crippen molar-refractivity contribution in [3.8, 4) is 0 Å². The Morgan fingerprint density at radius 2 is 0.841 bits per heavy atom. The van der Waals surface area contributed by atoms with Gasteiger partial charge in [0.1, 0.15) is 11.1 Å². The van der Waals surface area contributed by atoms with E-state index >= 15 is 0 Å². The summed E-state index contributed by atoms with van der Waals surface area (Å²) in [6, 6.07) is 21.0. The lowest BCUT2D eigenvalue weighted by Gasteiger charge is -2.28. The minimum absolute atomic E-state index is 0.270. The fourth-order valence-corrected chi connectivity index (χ4v) is 4.33. The Kier molecular flexibility index (Phi) is 8.94. The minimum Gasteiger partial charge on any atom is -0.306 e. The number of carbonyl (C=O) groups excluding carboxylic acids is 2. The number of nitro groups is 4. The molecule has 0 saturated heterocycles. The van der Waals surface area contributed by atoms with Gasteiger partial charge in [-0.05, 0) is 36.4 Å². The first-order valence-corrected chi connectivity index (χ1v) is 12.6. The van der Waals surface area contributed by atoms with Gasteiger partial charge in [0.25, 0.3) is 34.6 Å². The second-order valence-electron chi connectivity index (χ2n) is 9.02. The third kappa shape index (κ3) is 6.49. The maximum Gasteiger partial charge on any atom is 0.289 e. The molecule has 222 valence electrons. The molecule has 0 atom stereocenters. The van der Waals surface area contributed by atoms with Crippen LogP contribution < -0.4 is 9.80 Å². The molecular weight excluding hydrogens is 580 g/mol. The lowest BCUT2D eigenvalue weighted by atomic mass is 10.1. The van der Waals surface area contributed by atoms with Crippen LogP contribution in [0.25, 0.3) is 0 Å². The number of nitrogens with zero attached hydrogens (tertiary/aromatic N) is 6. The Morgan fingerprint density at radius 3 is 1.14 bits per heavy atom. The zero-order valence-electron chi connectivity index (χ0n) is 22.4. The fourth-order valence-electron chi connectivity index (χ4n) is 4.33. The zero-order valence-corrected chi connectivity index (χ0v) is 22.4. The predicted octanol–water partition coefficient (Wildman–Crippen LogP) is 5.31. The summed E-state index contributed by atoms with van der Waals surface area (Å²) in [6.07, 6.45) is 0. The Labute approximate surface area is 247 Å². The molecule has 0 fully saturated rings. The summed E-state index contributed by atoms with van der Waals surface area (Å²) in [4.78, 5) is 72.2. The van der Waals surface area contributed by atoms with E-state index in [0.29, 0.717) is 12.1 Å². The van der Waals surface area contributed by atoms with E-state index in [9.17, 15) is 50.0 Å². The lowest BCUT2D eigenvalue weighted by Crippen LogP contribution is -2.41. The van der Waals surface area contributed by atoms with E-state index in [1.54, 1.807) is 36.4 Å². The Morgan fingerprint density at radius 1 is 0.500 bits per heavy atom. The van der Waals surface area contributed by atoms with Crippen LogP contribution in [0.1, 0.15) is 20.7 Å². The molecule has 0 heterocycles. The third-order valence-electron chi connectivity index (χ3n) is 6.41. The van der Waals surface area contributed by atoms with Crippen molar-refractivity contribution >= 4 is 45.9 Å². The number of nitro benzene ring substituents is 4. The van der Waals surface area contributed by atoms with Crippen LogP contribution in [0.4, 0.5) is 34.1 Å². The van der Waals surface area contributed by atoms with Gasteiger partial charge in [-0.15, -0.1) is 0 Å². The van der Waals surface area contributed by atoms with Gasteiger partial charge in [-0.1, -0.05) is 36.4 Å². The molecule has 0 radical (unpaired) electrons. The maximum absolute atomic E-state index is 13.8. The van der Waals surface area contributed by atoms with Crippen LogP contribution in [0.5, 0.6) is 0 Å². The third-order valence-corrected chi connectivity index (χ3v) is 6.41. The van der Waals surface area contributed by atoms with Crippen molar-refractivity contribution in [2.45, 2.75) is 0 Å². The topological polar surface area (TPSA) is 213 Å². The average Bonchev–Trinajstić information content (AvgIpc) is 3.02. The highest BCUT2D eigenvalue weighted by molar-refractivity contribution is 6.10. The predicted molar refractivity (Wildman–Crippen MR) is 156 cm³/mol. The zero-order chi connectivity index (χ0) is 32.0. The minimum atomic E-state index is -0.920. The van der Waals surface area contributed by atoms with Crippen molar-refractivity contribution < 1.29 is 29.3 Å². The van der Waals surface area contributed by atoms with E-state index in [-0.39, 0.29) is 24.5 Å². The smallest absolute Gasteiger partial charge is 0.289 e. The number of amides is 2. The SMILES string of the molecule is O=C(c1ccc([N+](=O)[O-])cc1[N+](=O)[O-])N(CCN(C(=O)c1ccc([N+](=O)[O-])cc1[N+](=O)[O-])c1ccccc1)c1ccccc1. The van der Waals surface area contributed by atoms with Gasteiger partial charge in [0.05, 0.1) is 31.8 Å². The highest BCUT2D eigenvalue weighted by Gasteiger charge is 2.31. The normalized spacial score (nSPS) is 10.5. The summed E-state index contributed by atoms with van der Waals surface area (Å²) in [6.45, 7) is -0.587. The van der Waals surface area contributed by atoms with E-state index in [0.717, 1.165) is 34.1 Å². The summed E-state index contributed by atoms with van der Waals surface area (Å²) in [5.74, 6) is -1.81. The van der Waals surface area contributed by atoms with Crippen LogP contribution in [0.3, 0.4) is 0 Å². The second kappa shape index (κ2) is 12.9. The molecule has 4 aromatic carbocycles. The van der Waals surface area contributed by atoms with E-state index in [4.69, 9.17) is 0 Å². The van der Waals surface area contributed by atoms with E-state index in [2.05, 4.69) is 0 Å². The van der Waals surface area contributed by atoms with Crippen molar-refractivity contribution in [2.24, 2.45) is 0 Å². The van der Waals surface area contributed by atoms with E-state index in [1.807, 2.05) is 0 Å². The largest absolute Gasteiger partial charge is 0.306 e. The highest BCUT2D eigenvalue weighted by Crippen LogP contribution is 2.30. The van der Waals surface area contributed by atoms with Crippen LogP contribution in [-0.4, -0.2) is 44.6 Å². The van der Waals surface area contributed by atoms with Crippen molar-refractivity contribution in [3.05, 3.63) is 149 Å². The van der Waals surface area contributed by atoms with Gasteiger partial charge in [-0.3, -0.25) is 50.0 Å². The van der Waals surface area contributed by atoms with Gasteiger partial charge in [0, 0.05) is 36.6 Å². The standard InChI is InChI=1S/C28H20N6O10/c35-27(23-13-11-21(31(37)38)17-25(23)33(41)42)29(19-7-3-1-4-8-19)15-16-30(20-9-5-2-6-10-20)28(36)24-14-12-22(32(39)40)18-26(24)34(43)44/h1-14,17-18H,15-16H2. The van der Waals surface area contributed by atoms with Gasteiger partial charge in [0.2, 0.25) is 0 Å². The highest BCUT2D eigenvalue weighted by atomic mass is 16.6. The number of hydrogen-bond donors (Lipinski definition) is 0. The molecule has 0 aliphatic carbocycles. The lowest BCUT2D eigenvalue weighted by molar-refractivity contribution is -0.394. The van der Waals surface area contributed by atoms with Gasteiger partial charge in [-0.2, -0.15) is 0 Å². The van der Waals surface area contributed by atoms with Crippen molar-refractivity contribution in [2.75, 3.05) is 22.9 Å². The fraction of sp³-hybridized carbons (Fsp3) is 0.0714. The van der Waals surface area contributed by atoms with E-state index < -0.39 is 65.4 Å². The number of carbonyl (C=O) groups is 2. The molecule has 44 heavy (non-hydrogen) atoms. The molecule has 0 aromatic heterocycles. The molecule has 16 heteroatoms. The summed E-state index contributed by atoms with van der Waals surface area (Å²) in [5, 5.41) is 45.9. The van der Waals surface area contributed by atoms with Crippen molar-refractivity contribution in [3.63, 3.8) is 0 Å². The molecule has 0 bridgehead atoms. The first-order valence-electron chi connectivity index (χ1n) is 12.6. The molecule has 2 amide bonds. The molecule has 0 saturated carbocycles. The molecular formula is C28H20N6O10. The molecule has 0 aliphatic heterocycles. The van der Waals surface area contributed by atoms with Crippen LogP contribution in [-0.2, 0) is 0 Å². The molecule has 0 N–H and O–H groups in total. The van der Waals surface area contributed by atoms with Crippen molar-refractivity contribution in [1.29, 1.82) is 0 Å². The summed E-state index contributed by atoms with van der Waals surface area (Å²) in [5.41, 5.74) is -3.15. The van der Waals surface area contributed by atoms with Crippen LogP contribution in [0.2, 0.25) is 0 Å². The number of rotatable bonds is 11. The maximum atomic E-state index is 13.8. The van der Waals surface area contributed by atoms with Crippen molar-refractivity contribution in [1.82, 2.24) is 0 Å². The molecule has 0 unspecified atom stereocenters. The van der Waals surface area contributed by atoms with Crippen LogP contribution >= 0.6 is 0 Å². The Hall–Kier alpha value is -6.58. The second-order valence-corrected chi connectivity index (χ2v) is 9.02. The summed E-state index contributed by atoms with van der Waals surface area (Å²) in [7, 11) is 0. The number of anilines is 2. The Balaban J connectivity index is 1.77. The molecule has 4 rings (SSSR count). The summed E-state index contributed by atoms with van der Waals surface area (Å²) < 4.78 is 0. The van der Waals surface area contributed by atoms with Gasteiger partial charge in [0.15, 0.2) is 0 Å². The number of benzene rings is 4. The first kappa shape index (κ1) is 30.4. The van der Waals surface area contributed by atoms with Gasteiger partial charge in [-0.25, -0.2) is 0 Å². The molecule has 16 nitrogen and oxygen atoms in total. The summed E-state index contributed by atoms with van der Waals surface area (Å²) >= 11 is 0. The first-order chi connectivity index (χ1) is 21.0. The molecule has 4 aromatic rings. The van der Waals surface area contributed by atoms with Crippen LogP contribution in [0.15, 0.2) is 97.1 Å². The van der Waals surface area contributed by atoms with Gasteiger partial charge < -0.3 is 9.80 Å². The quantitative estimate of drug-likeness (QED) is 0.160.